The van der Waals surface area contributed by atoms with Crippen LogP contribution in [-0.2, 0) is 9.53 Å². The minimum absolute atomic E-state index is 0.115. The number of benzene rings is 1. The zero-order valence-electron chi connectivity index (χ0n) is 10.3. The zero-order chi connectivity index (χ0) is 13.5. The summed E-state index contributed by atoms with van der Waals surface area (Å²) in [5, 5.41) is 8.86. The number of aromatic carboxylic acids is 1. The first-order valence-electron chi connectivity index (χ1n) is 5.53. The number of hydrogen-bond acceptors (Lipinski definition) is 4. The second-order valence-electron chi connectivity index (χ2n) is 3.64. The van der Waals surface area contributed by atoms with Crippen molar-refractivity contribution in [1.82, 2.24) is 0 Å². The summed E-state index contributed by atoms with van der Waals surface area (Å²) in [6.07, 6.45) is 0.719. The number of nitrogens with zero attached hydrogens (tertiary/aromatic N) is 1. The SMILES string of the molecule is CC/C(CC(=O)OC)=N\c1cccc(C(=O)O)c1. The Balaban J connectivity index is 2.94. The molecule has 0 fully saturated rings. The first kappa shape index (κ1) is 13.9. The molecule has 0 heterocycles. The van der Waals surface area contributed by atoms with Gasteiger partial charge in [0.25, 0.3) is 0 Å². The molecular weight excluding hydrogens is 234 g/mol. The van der Waals surface area contributed by atoms with Crippen molar-refractivity contribution in [3.05, 3.63) is 29.8 Å². The number of carboxylic acid groups (broad SMARTS) is 1. The maximum Gasteiger partial charge on any atom is 0.335 e. The van der Waals surface area contributed by atoms with E-state index in [-0.39, 0.29) is 18.0 Å². The van der Waals surface area contributed by atoms with E-state index in [9.17, 15) is 9.59 Å². The summed E-state index contributed by atoms with van der Waals surface area (Å²) in [4.78, 5) is 26.2. The Morgan fingerprint density at radius 1 is 1.39 bits per heavy atom. The molecule has 0 aliphatic rings. The van der Waals surface area contributed by atoms with E-state index in [4.69, 9.17) is 5.11 Å². The van der Waals surface area contributed by atoms with Gasteiger partial charge in [0.15, 0.2) is 0 Å². The summed E-state index contributed by atoms with van der Waals surface area (Å²) in [6.45, 7) is 1.88. The highest BCUT2D eigenvalue weighted by Crippen LogP contribution is 2.16. The summed E-state index contributed by atoms with van der Waals surface area (Å²) >= 11 is 0. The van der Waals surface area contributed by atoms with Crippen LogP contribution in [0.25, 0.3) is 0 Å². The largest absolute Gasteiger partial charge is 0.478 e. The van der Waals surface area contributed by atoms with Gasteiger partial charge in [-0.05, 0) is 24.6 Å². The lowest BCUT2D eigenvalue weighted by atomic mass is 10.2. The molecule has 0 radical (unpaired) electrons. The monoisotopic (exact) mass is 249 g/mol. The predicted molar refractivity (Wildman–Crippen MR) is 67.4 cm³/mol. The van der Waals surface area contributed by atoms with E-state index < -0.39 is 5.97 Å². The molecule has 1 aromatic rings. The van der Waals surface area contributed by atoms with Crippen molar-refractivity contribution in [1.29, 1.82) is 0 Å². The molecule has 1 N–H and O–H groups in total. The lowest BCUT2D eigenvalue weighted by Crippen LogP contribution is -2.08. The van der Waals surface area contributed by atoms with Gasteiger partial charge < -0.3 is 9.84 Å². The van der Waals surface area contributed by atoms with Crippen LogP contribution in [0.15, 0.2) is 29.3 Å². The van der Waals surface area contributed by atoms with Gasteiger partial charge in [0, 0.05) is 5.71 Å². The molecule has 0 saturated carbocycles. The standard InChI is InChI=1S/C13H15NO4/c1-3-10(8-12(15)18-2)14-11-6-4-5-9(7-11)13(16)17/h4-7H,3,8H2,1-2H3,(H,16,17)/b14-10+. The number of hydrogen-bond donors (Lipinski definition) is 1. The highest BCUT2D eigenvalue weighted by atomic mass is 16.5. The number of esters is 1. The minimum atomic E-state index is -1.00. The Morgan fingerprint density at radius 3 is 2.67 bits per heavy atom. The fourth-order valence-electron chi connectivity index (χ4n) is 1.37. The molecule has 0 saturated heterocycles. The van der Waals surface area contributed by atoms with Crippen molar-refractivity contribution in [3.63, 3.8) is 0 Å². The quantitative estimate of drug-likeness (QED) is 0.642. The molecule has 5 heteroatoms. The van der Waals surface area contributed by atoms with Crippen LogP contribution in [0.2, 0.25) is 0 Å². The van der Waals surface area contributed by atoms with Gasteiger partial charge in [-0.2, -0.15) is 0 Å². The third kappa shape index (κ3) is 4.01. The normalized spacial score (nSPS) is 11.1. The van der Waals surface area contributed by atoms with Crippen LogP contribution in [-0.4, -0.2) is 29.9 Å². The average molecular weight is 249 g/mol. The van der Waals surface area contributed by atoms with E-state index in [1.807, 2.05) is 6.92 Å². The van der Waals surface area contributed by atoms with Crippen LogP contribution in [0.1, 0.15) is 30.1 Å². The lowest BCUT2D eigenvalue weighted by molar-refractivity contribution is -0.139. The van der Waals surface area contributed by atoms with Crippen LogP contribution in [0.3, 0.4) is 0 Å². The molecular formula is C13H15NO4. The van der Waals surface area contributed by atoms with E-state index in [0.29, 0.717) is 17.8 Å². The Kier molecular flexibility index (Phi) is 5.05. The van der Waals surface area contributed by atoms with E-state index >= 15 is 0 Å². The molecule has 0 bridgehead atoms. The van der Waals surface area contributed by atoms with E-state index in [1.165, 1.54) is 19.2 Å². The molecule has 18 heavy (non-hydrogen) atoms. The Bertz CT molecular complexity index is 480. The van der Waals surface area contributed by atoms with Crippen LogP contribution in [0.4, 0.5) is 5.69 Å². The molecule has 1 rings (SSSR count). The Morgan fingerprint density at radius 2 is 2.11 bits per heavy atom. The molecule has 96 valence electrons. The van der Waals surface area contributed by atoms with Gasteiger partial charge in [0.05, 0.1) is 24.8 Å². The zero-order valence-corrected chi connectivity index (χ0v) is 10.3. The Labute approximate surface area is 105 Å². The van der Waals surface area contributed by atoms with Gasteiger partial charge >= 0.3 is 11.9 Å². The topological polar surface area (TPSA) is 76.0 Å². The maximum atomic E-state index is 11.1. The summed E-state index contributed by atoms with van der Waals surface area (Å²) in [5.74, 6) is -1.36. The fourth-order valence-corrected chi connectivity index (χ4v) is 1.37. The van der Waals surface area contributed by atoms with Crippen molar-refractivity contribution < 1.29 is 19.4 Å². The second kappa shape index (κ2) is 6.54. The summed E-state index contributed by atoms with van der Waals surface area (Å²) in [5.41, 5.74) is 1.35. The summed E-state index contributed by atoms with van der Waals surface area (Å²) < 4.78 is 4.57. The molecule has 5 nitrogen and oxygen atoms in total. The van der Waals surface area contributed by atoms with Crippen molar-refractivity contribution in [3.8, 4) is 0 Å². The number of ether oxygens (including phenoxy) is 1. The summed E-state index contributed by atoms with van der Waals surface area (Å²) in [7, 11) is 1.32. The Hall–Kier alpha value is -2.17. The van der Waals surface area contributed by atoms with E-state index in [0.717, 1.165) is 0 Å². The fraction of sp³-hybridized carbons (Fsp3) is 0.308. The van der Waals surface area contributed by atoms with Gasteiger partial charge in [-0.3, -0.25) is 9.79 Å². The highest BCUT2D eigenvalue weighted by Gasteiger charge is 2.07. The number of rotatable bonds is 5. The number of aliphatic imine (C=N–C) groups is 1. The first-order valence-corrected chi connectivity index (χ1v) is 5.53. The number of carbonyl (C=O) groups excluding carboxylic acids is 1. The minimum Gasteiger partial charge on any atom is -0.478 e. The van der Waals surface area contributed by atoms with Gasteiger partial charge in [0.2, 0.25) is 0 Å². The van der Waals surface area contributed by atoms with Crippen molar-refractivity contribution >= 4 is 23.3 Å². The third-order valence-electron chi connectivity index (χ3n) is 2.36. The van der Waals surface area contributed by atoms with Crippen molar-refractivity contribution in [2.75, 3.05) is 7.11 Å². The number of carbonyl (C=O) groups is 2. The molecule has 0 aliphatic carbocycles. The van der Waals surface area contributed by atoms with Gasteiger partial charge in [-0.25, -0.2) is 4.79 Å². The lowest BCUT2D eigenvalue weighted by Gasteiger charge is -2.03. The molecule has 0 aromatic heterocycles. The van der Waals surface area contributed by atoms with Gasteiger partial charge in [-0.1, -0.05) is 13.0 Å². The molecule has 0 unspecified atom stereocenters. The predicted octanol–water partition coefficient (Wildman–Crippen LogP) is 2.43. The molecule has 1 aromatic carbocycles. The van der Waals surface area contributed by atoms with Crippen LogP contribution >= 0.6 is 0 Å². The van der Waals surface area contributed by atoms with E-state index in [2.05, 4.69) is 9.73 Å². The molecule has 0 amide bonds. The van der Waals surface area contributed by atoms with Crippen LogP contribution in [0, 0.1) is 0 Å². The maximum absolute atomic E-state index is 11.1. The summed E-state index contributed by atoms with van der Waals surface area (Å²) in [6, 6.07) is 6.27. The molecule has 0 spiro atoms. The van der Waals surface area contributed by atoms with Crippen LogP contribution in [0.5, 0.6) is 0 Å². The van der Waals surface area contributed by atoms with E-state index in [1.54, 1.807) is 12.1 Å². The van der Waals surface area contributed by atoms with Crippen LogP contribution < -0.4 is 0 Å². The third-order valence-corrected chi connectivity index (χ3v) is 2.36. The average Bonchev–Trinajstić information content (AvgIpc) is 2.38. The van der Waals surface area contributed by atoms with Gasteiger partial charge in [-0.15, -0.1) is 0 Å². The molecule has 0 aliphatic heterocycles. The van der Waals surface area contributed by atoms with Crippen molar-refractivity contribution in [2.45, 2.75) is 19.8 Å². The smallest absolute Gasteiger partial charge is 0.335 e. The molecule has 0 atom stereocenters. The van der Waals surface area contributed by atoms with Crippen molar-refractivity contribution in [2.24, 2.45) is 4.99 Å². The second-order valence-corrected chi connectivity index (χ2v) is 3.64. The highest BCUT2D eigenvalue weighted by molar-refractivity contribution is 6.00. The first-order chi connectivity index (χ1) is 8.56. The van der Waals surface area contributed by atoms with Gasteiger partial charge in [0.1, 0.15) is 0 Å². The number of methoxy groups -OCH3 is 1. The number of carboxylic acids is 1.